The third kappa shape index (κ3) is 4.64. The van der Waals surface area contributed by atoms with Crippen molar-refractivity contribution in [3.05, 3.63) is 46.0 Å². The zero-order valence-corrected chi connectivity index (χ0v) is 20.9. The van der Waals surface area contributed by atoms with Crippen molar-refractivity contribution in [1.29, 1.82) is 0 Å². The molecule has 0 unspecified atom stereocenters. The molecule has 1 N–H and O–H groups in total. The van der Waals surface area contributed by atoms with Crippen LogP contribution in [-0.4, -0.2) is 44.6 Å². The fraction of sp³-hybridized carbons (Fsp3) is 0.519. The fourth-order valence-corrected chi connectivity index (χ4v) is 5.61. The predicted molar refractivity (Wildman–Crippen MR) is 131 cm³/mol. The van der Waals surface area contributed by atoms with Gasteiger partial charge in [0.25, 0.3) is 0 Å². The van der Waals surface area contributed by atoms with Crippen molar-refractivity contribution >= 4 is 17.6 Å². The minimum atomic E-state index is -0.967. The van der Waals surface area contributed by atoms with E-state index in [2.05, 4.69) is 0 Å². The van der Waals surface area contributed by atoms with Crippen molar-refractivity contribution < 1.29 is 28.8 Å². The number of halogens is 1. The van der Waals surface area contributed by atoms with Crippen molar-refractivity contribution in [2.24, 2.45) is 0 Å². The second kappa shape index (κ2) is 10.5. The van der Waals surface area contributed by atoms with Crippen molar-refractivity contribution in [2.45, 2.75) is 63.6 Å². The van der Waals surface area contributed by atoms with Gasteiger partial charge in [0.2, 0.25) is 0 Å². The highest BCUT2D eigenvalue weighted by molar-refractivity contribution is 6.35. The van der Waals surface area contributed by atoms with Gasteiger partial charge in [0.1, 0.15) is 11.5 Å². The number of rotatable bonds is 8. The zero-order chi connectivity index (χ0) is 24.3. The monoisotopic (exact) mass is 488 g/mol. The molecule has 2 fully saturated rings. The first-order chi connectivity index (χ1) is 16.4. The van der Waals surface area contributed by atoms with Crippen LogP contribution in [-0.2, 0) is 26.3 Å². The van der Waals surface area contributed by atoms with Crippen LogP contribution in [0.1, 0.15) is 55.2 Å². The van der Waals surface area contributed by atoms with Gasteiger partial charge in [-0.15, -0.1) is 0 Å². The summed E-state index contributed by atoms with van der Waals surface area (Å²) in [6.45, 7) is 3.15. The summed E-state index contributed by atoms with van der Waals surface area (Å²) in [5, 5.41) is 10.7. The van der Waals surface area contributed by atoms with Gasteiger partial charge in [-0.1, -0.05) is 42.6 Å². The van der Waals surface area contributed by atoms with Crippen molar-refractivity contribution in [3.63, 3.8) is 0 Å². The Kier molecular flexibility index (Phi) is 7.70. The average molecular weight is 489 g/mol. The molecule has 0 bridgehead atoms. The standard InChI is InChI=1S/C27H33ClO6/c1-17-23(31-2)15-22(24(28)25(17)32-3)21-9-8-19(27(26(29)30)10-12-33-13-11-27)14-18(21)16-34-20-6-4-5-7-20/h8-9,14-15,20H,4-7,10-13,16H2,1-3H3,(H,29,30). The summed E-state index contributed by atoms with van der Waals surface area (Å²) < 4.78 is 22.9. The molecule has 0 radical (unpaired) electrons. The molecule has 1 heterocycles. The van der Waals surface area contributed by atoms with Crippen LogP contribution in [0.5, 0.6) is 11.5 Å². The van der Waals surface area contributed by atoms with Crippen LogP contribution < -0.4 is 9.47 Å². The van der Waals surface area contributed by atoms with E-state index in [-0.39, 0.29) is 6.10 Å². The maximum atomic E-state index is 12.4. The smallest absolute Gasteiger partial charge is 0.314 e. The number of hydrogen-bond acceptors (Lipinski definition) is 5. The molecule has 2 aliphatic rings. The van der Waals surface area contributed by atoms with Crippen LogP contribution in [0.4, 0.5) is 0 Å². The average Bonchev–Trinajstić information content (AvgIpc) is 3.37. The second-order valence-electron chi connectivity index (χ2n) is 9.19. The highest BCUT2D eigenvalue weighted by atomic mass is 35.5. The molecule has 0 aromatic heterocycles. The van der Waals surface area contributed by atoms with Crippen LogP contribution in [0.2, 0.25) is 5.02 Å². The summed E-state index contributed by atoms with van der Waals surface area (Å²) in [5.74, 6) is 0.423. The first-order valence-corrected chi connectivity index (χ1v) is 12.3. The predicted octanol–water partition coefficient (Wildman–Crippen LogP) is 5.92. The third-order valence-corrected chi connectivity index (χ3v) is 7.70. The minimum Gasteiger partial charge on any atom is -0.496 e. The quantitative estimate of drug-likeness (QED) is 0.496. The van der Waals surface area contributed by atoms with E-state index in [0.29, 0.717) is 49.2 Å². The highest BCUT2D eigenvalue weighted by Gasteiger charge is 2.42. The Balaban J connectivity index is 1.83. The summed E-state index contributed by atoms with van der Waals surface area (Å²) >= 11 is 6.81. The number of ether oxygens (including phenoxy) is 4. The summed E-state index contributed by atoms with van der Waals surface area (Å²) in [5.41, 5.74) is 3.20. The molecular weight excluding hydrogens is 456 g/mol. The van der Waals surface area contributed by atoms with E-state index in [4.69, 9.17) is 30.5 Å². The molecule has 0 atom stereocenters. The molecule has 34 heavy (non-hydrogen) atoms. The highest BCUT2D eigenvalue weighted by Crippen LogP contribution is 2.45. The number of carbonyl (C=O) groups is 1. The Hall–Kier alpha value is -2.28. The number of aliphatic carboxylic acids is 1. The summed E-state index contributed by atoms with van der Waals surface area (Å²) in [6.07, 6.45) is 5.58. The number of benzene rings is 2. The van der Waals surface area contributed by atoms with E-state index in [1.54, 1.807) is 14.2 Å². The van der Waals surface area contributed by atoms with Crippen LogP contribution in [0.25, 0.3) is 11.1 Å². The summed E-state index contributed by atoms with van der Waals surface area (Å²) in [4.78, 5) is 12.4. The summed E-state index contributed by atoms with van der Waals surface area (Å²) in [7, 11) is 3.21. The molecule has 0 amide bonds. The van der Waals surface area contributed by atoms with Crippen LogP contribution >= 0.6 is 11.6 Å². The van der Waals surface area contributed by atoms with Crippen molar-refractivity contribution in [1.82, 2.24) is 0 Å². The van der Waals surface area contributed by atoms with Gasteiger partial charge in [-0.05, 0) is 55.4 Å². The Morgan fingerprint density at radius 1 is 1.12 bits per heavy atom. The Bertz CT molecular complexity index is 1040. The lowest BCUT2D eigenvalue weighted by Crippen LogP contribution is -2.41. The van der Waals surface area contributed by atoms with E-state index in [0.717, 1.165) is 40.7 Å². The molecule has 2 aromatic rings. The number of methoxy groups -OCH3 is 2. The largest absolute Gasteiger partial charge is 0.496 e. The van der Waals surface area contributed by atoms with Gasteiger partial charge >= 0.3 is 5.97 Å². The van der Waals surface area contributed by atoms with Crippen LogP contribution in [0, 0.1) is 6.92 Å². The second-order valence-corrected chi connectivity index (χ2v) is 9.57. The van der Waals surface area contributed by atoms with E-state index in [1.807, 2.05) is 31.2 Å². The van der Waals surface area contributed by atoms with Gasteiger partial charge in [-0.3, -0.25) is 4.79 Å². The molecule has 2 aromatic carbocycles. The Morgan fingerprint density at radius 2 is 1.82 bits per heavy atom. The van der Waals surface area contributed by atoms with Gasteiger partial charge < -0.3 is 24.1 Å². The Morgan fingerprint density at radius 3 is 2.44 bits per heavy atom. The van der Waals surface area contributed by atoms with Crippen molar-refractivity contribution in [3.8, 4) is 22.6 Å². The summed E-state index contributed by atoms with van der Waals surface area (Å²) in [6, 6.07) is 7.76. The van der Waals surface area contributed by atoms with Gasteiger partial charge in [0.15, 0.2) is 0 Å². The Labute approximate surface area is 206 Å². The zero-order valence-electron chi connectivity index (χ0n) is 20.1. The molecule has 6 nitrogen and oxygen atoms in total. The number of hydrogen-bond donors (Lipinski definition) is 1. The topological polar surface area (TPSA) is 74.2 Å². The van der Waals surface area contributed by atoms with Gasteiger partial charge in [-0.2, -0.15) is 0 Å². The van der Waals surface area contributed by atoms with E-state index < -0.39 is 11.4 Å². The number of carboxylic acid groups (broad SMARTS) is 1. The lowest BCUT2D eigenvalue weighted by atomic mass is 9.73. The van der Waals surface area contributed by atoms with E-state index >= 15 is 0 Å². The van der Waals surface area contributed by atoms with Crippen molar-refractivity contribution in [2.75, 3.05) is 27.4 Å². The minimum absolute atomic E-state index is 0.227. The van der Waals surface area contributed by atoms with Gasteiger partial charge in [0.05, 0.1) is 37.4 Å². The number of carboxylic acids is 1. The molecular formula is C27H33ClO6. The molecule has 1 saturated carbocycles. The molecule has 184 valence electrons. The first kappa shape index (κ1) is 24.8. The lowest BCUT2D eigenvalue weighted by Gasteiger charge is -2.34. The molecule has 1 aliphatic carbocycles. The molecule has 0 spiro atoms. The third-order valence-electron chi connectivity index (χ3n) is 7.33. The van der Waals surface area contributed by atoms with Crippen LogP contribution in [0.15, 0.2) is 24.3 Å². The van der Waals surface area contributed by atoms with Gasteiger partial charge in [0, 0.05) is 24.3 Å². The maximum absolute atomic E-state index is 12.4. The normalized spacial score (nSPS) is 18.1. The fourth-order valence-electron chi connectivity index (χ4n) is 5.23. The van der Waals surface area contributed by atoms with Gasteiger partial charge in [-0.25, -0.2) is 0 Å². The molecule has 1 aliphatic heterocycles. The SMILES string of the molecule is COc1cc(-c2ccc(C3(C(=O)O)CCOCC3)cc2COC2CCCC2)c(Cl)c(OC)c1C. The first-order valence-electron chi connectivity index (χ1n) is 11.9. The molecule has 1 saturated heterocycles. The maximum Gasteiger partial charge on any atom is 0.314 e. The lowest BCUT2D eigenvalue weighted by molar-refractivity contribution is -0.147. The molecule has 7 heteroatoms. The molecule has 4 rings (SSSR count). The van der Waals surface area contributed by atoms with Crippen LogP contribution in [0.3, 0.4) is 0 Å². The van der Waals surface area contributed by atoms with E-state index in [9.17, 15) is 9.90 Å². The van der Waals surface area contributed by atoms with E-state index in [1.165, 1.54) is 12.8 Å².